The zero-order valence-corrected chi connectivity index (χ0v) is 18.2. The topological polar surface area (TPSA) is 216 Å². The maximum Gasteiger partial charge on any atom is 0.205 e. The minimum Gasteiger partial charge on any atom is -0.396 e. The highest BCUT2D eigenvalue weighted by atomic mass is 16.1. The fourth-order valence-electron chi connectivity index (χ4n) is 4.55. The first kappa shape index (κ1) is 19.9. The van der Waals surface area contributed by atoms with Crippen LogP contribution < -0.4 is 33.1 Å². The highest BCUT2D eigenvalue weighted by Gasteiger charge is 2.17. The van der Waals surface area contributed by atoms with E-state index < -0.39 is 5.43 Å². The normalized spacial score (nSPS) is 12.0. The molecule has 12 nitrogen and oxygen atoms in total. The number of hydrogen-bond donors (Lipinski definition) is 7. The van der Waals surface area contributed by atoms with Crippen LogP contribution in [-0.4, -0.2) is 29.9 Å². The van der Waals surface area contributed by atoms with Crippen molar-refractivity contribution in [2.75, 3.05) is 11.5 Å². The van der Waals surface area contributed by atoms with Crippen LogP contribution in [0.4, 0.5) is 11.4 Å². The third-order valence-electron chi connectivity index (χ3n) is 6.33. The number of nitrogen functional groups attached to an aromatic ring is 2. The van der Waals surface area contributed by atoms with Gasteiger partial charge < -0.3 is 31.4 Å². The molecule has 0 saturated heterocycles. The van der Waals surface area contributed by atoms with Crippen molar-refractivity contribution in [1.82, 2.24) is 29.9 Å². The summed E-state index contributed by atoms with van der Waals surface area (Å²) in [6.45, 7) is 0. The number of rotatable bonds is 0. The van der Waals surface area contributed by atoms with Crippen molar-refractivity contribution in [1.29, 1.82) is 5.41 Å². The molecule has 3 aromatic heterocycles. The number of nitrogens with two attached hydrogens (primary N) is 2. The molecule has 3 heterocycles. The van der Waals surface area contributed by atoms with Gasteiger partial charge >= 0.3 is 0 Å². The number of H-pyrrole nitrogens is 4. The number of aromatic nitrogens is 6. The summed E-state index contributed by atoms with van der Waals surface area (Å²) in [5.74, 6) is 0. The lowest BCUT2D eigenvalue weighted by Gasteiger charge is -2.13. The third kappa shape index (κ3) is 2.63. The number of nitrogens with one attached hydrogen (secondary N) is 5. The SMILES string of the molecule is N=c1cc2[nH]c3c4[nH]c5cc(=O)c(N)cc5nc4c4[nH]c5cc(=O)c(N)cc5nc4c3[nH]c2cc1=O. The molecule has 0 amide bonds. The summed E-state index contributed by atoms with van der Waals surface area (Å²) in [4.78, 5) is 59.1. The van der Waals surface area contributed by atoms with E-state index in [1.807, 2.05) is 0 Å². The lowest BCUT2D eigenvalue weighted by atomic mass is 10.1. The summed E-state index contributed by atoms with van der Waals surface area (Å²) in [5.41, 5.74) is 16.6. The molecule has 9 N–H and O–H groups in total. The Labute approximate surface area is 197 Å². The molecule has 174 valence electrons. The molecular weight excluding hydrogens is 462 g/mol. The van der Waals surface area contributed by atoms with Crippen LogP contribution in [0.3, 0.4) is 0 Å². The van der Waals surface area contributed by atoms with Gasteiger partial charge in [0.1, 0.15) is 16.4 Å². The van der Waals surface area contributed by atoms with E-state index in [-0.39, 0.29) is 27.6 Å². The number of fused-ring (bicyclic) bond motifs is 9. The molecule has 0 fully saturated rings. The van der Waals surface area contributed by atoms with Crippen LogP contribution in [-0.2, 0) is 0 Å². The van der Waals surface area contributed by atoms with Crippen molar-refractivity contribution in [2.45, 2.75) is 0 Å². The van der Waals surface area contributed by atoms with Gasteiger partial charge in [-0.25, -0.2) is 9.97 Å². The molecule has 12 heteroatoms. The summed E-state index contributed by atoms with van der Waals surface area (Å²) < 4.78 is 0. The number of benzene rings is 4. The summed E-state index contributed by atoms with van der Waals surface area (Å²) in [6.07, 6.45) is 0. The third-order valence-corrected chi connectivity index (χ3v) is 6.33. The van der Waals surface area contributed by atoms with E-state index >= 15 is 0 Å². The first-order valence-corrected chi connectivity index (χ1v) is 10.8. The van der Waals surface area contributed by atoms with Gasteiger partial charge in [0.15, 0.2) is 0 Å². The Hall–Kier alpha value is -5.52. The van der Waals surface area contributed by atoms with Gasteiger partial charge in [-0.3, -0.25) is 19.8 Å². The van der Waals surface area contributed by atoms with Gasteiger partial charge in [0, 0.05) is 18.2 Å². The highest BCUT2D eigenvalue weighted by molar-refractivity contribution is 6.21. The summed E-state index contributed by atoms with van der Waals surface area (Å²) in [7, 11) is 0. The smallest absolute Gasteiger partial charge is 0.205 e. The Morgan fingerprint density at radius 1 is 0.556 bits per heavy atom. The minimum absolute atomic E-state index is 0.0640. The molecule has 0 bridgehead atoms. The molecule has 0 unspecified atom stereocenters. The Bertz CT molecular complexity index is 2330. The quantitative estimate of drug-likeness (QED) is 0.0967. The summed E-state index contributed by atoms with van der Waals surface area (Å²) in [5, 5.41) is 7.76. The van der Waals surface area contributed by atoms with Crippen LogP contribution in [0.1, 0.15) is 0 Å². The molecule has 0 aliphatic heterocycles. The van der Waals surface area contributed by atoms with Gasteiger partial charge in [-0.2, -0.15) is 0 Å². The Balaban J connectivity index is 1.80. The van der Waals surface area contributed by atoms with Crippen molar-refractivity contribution >= 4 is 77.6 Å². The Kier molecular flexibility index (Phi) is 3.61. The van der Waals surface area contributed by atoms with Crippen LogP contribution in [0, 0.1) is 5.41 Å². The predicted molar refractivity (Wildman–Crippen MR) is 138 cm³/mol. The average molecular weight is 477 g/mol. The van der Waals surface area contributed by atoms with Gasteiger partial charge in [-0.05, 0) is 18.2 Å². The van der Waals surface area contributed by atoms with Gasteiger partial charge in [-0.15, -0.1) is 0 Å². The molecular formula is C24H15N9O3. The summed E-state index contributed by atoms with van der Waals surface area (Å²) in [6, 6.07) is 8.50. The fourth-order valence-corrected chi connectivity index (χ4v) is 4.55. The first-order chi connectivity index (χ1) is 17.3. The lowest BCUT2D eigenvalue weighted by molar-refractivity contribution is 1.23. The number of anilines is 2. The maximum absolute atomic E-state index is 12.2. The fraction of sp³-hybridized carbons (Fsp3) is 0. The van der Waals surface area contributed by atoms with Crippen molar-refractivity contribution < 1.29 is 0 Å². The molecule has 4 aromatic carbocycles. The molecule has 0 saturated carbocycles. The molecule has 0 spiro atoms. The van der Waals surface area contributed by atoms with E-state index in [1.165, 1.54) is 36.4 Å². The number of hydrogen-bond acceptors (Lipinski definition) is 8. The molecule has 7 aromatic rings. The highest BCUT2D eigenvalue weighted by Crippen LogP contribution is 2.32. The van der Waals surface area contributed by atoms with Crippen molar-refractivity contribution in [2.24, 2.45) is 0 Å². The maximum atomic E-state index is 12.2. The van der Waals surface area contributed by atoms with Crippen molar-refractivity contribution in [3.05, 3.63) is 72.4 Å². The lowest BCUT2D eigenvalue weighted by Crippen LogP contribution is -2.21. The van der Waals surface area contributed by atoms with E-state index in [9.17, 15) is 14.4 Å². The second kappa shape index (κ2) is 6.54. The van der Waals surface area contributed by atoms with Crippen molar-refractivity contribution in [3.8, 4) is 0 Å². The van der Waals surface area contributed by atoms with E-state index in [0.717, 1.165) is 0 Å². The van der Waals surface area contributed by atoms with E-state index in [0.29, 0.717) is 66.2 Å². The molecule has 0 atom stereocenters. The van der Waals surface area contributed by atoms with Crippen LogP contribution >= 0.6 is 0 Å². The summed E-state index contributed by atoms with van der Waals surface area (Å²) >= 11 is 0. The molecule has 0 aliphatic rings. The largest absolute Gasteiger partial charge is 0.396 e. The van der Waals surface area contributed by atoms with Gasteiger partial charge in [0.25, 0.3) is 0 Å². The van der Waals surface area contributed by atoms with E-state index in [1.54, 1.807) is 0 Å². The van der Waals surface area contributed by atoms with E-state index in [4.69, 9.17) is 26.8 Å². The Morgan fingerprint density at radius 3 is 1.58 bits per heavy atom. The number of aromatic amines is 4. The molecule has 36 heavy (non-hydrogen) atoms. The zero-order chi connectivity index (χ0) is 24.9. The second-order valence-corrected chi connectivity index (χ2v) is 8.63. The van der Waals surface area contributed by atoms with Crippen LogP contribution in [0.15, 0.2) is 50.8 Å². The van der Waals surface area contributed by atoms with E-state index in [2.05, 4.69) is 19.9 Å². The van der Waals surface area contributed by atoms with Crippen LogP contribution in [0.2, 0.25) is 0 Å². The minimum atomic E-state index is -0.433. The van der Waals surface area contributed by atoms with Crippen LogP contribution in [0.25, 0.3) is 66.2 Å². The molecule has 0 radical (unpaired) electrons. The van der Waals surface area contributed by atoms with Gasteiger partial charge in [0.2, 0.25) is 16.3 Å². The van der Waals surface area contributed by atoms with Crippen LogP contribution in [0.5, 0.6) is 0 Å². The van der Waals surface area contributed by atoms with Gasteiger partial charge in [-0.1, -0.05) is 0 Å². The zero-order valence-electron chi connectivity index (χ0n) is 18.2. The molecule has 0 aliphatic carbocycles. The first-order valence-electron chi connectivity index (χ1n) is 10.8. The van der Waals surface area contributed by atoms with Gasteiger partial charge in [0.05, 0.1) is 66.5 Å². The average Bonchev–Trinajstić information content (AvgIpc) is 2.84. The monoisotopic (exact) mass is 477 g/mol. The second-order valence-electron chi connectivity index (χ2n) is 8.63. The number of nitrogens with zero attached hydrogens (tertiary/aromatic N) is 2. The Morgan fingerprint density at radius 2 is 1.00 bits per heavy atom. The van der Waals surface area contributed by atoms with Crippen molar-refractivity contribution in [3.63, 3.8) is 0 Å². The predicted octanol–water partition coefficient (Wildman–Crippen LogP) is 1.43. The molecule has 7 rings (SSSR count). The standard InChI is InChI=1S/C24H15N9O3/c25-7-1-10-13(4-16(7)34)31-22-19(28-10)23-21(30-11-2-8(26)17(35)5-14(11)32-23)24-20(22)29-12-3-9(27)18(36)6-15(12)33-24/h1-6,25,28,31-33H,26-27H2.